The summed E-state index contributed by atoms with van der Waals surface area (Å²) in [4.78, 5) is 27.1. The Hall–Kier alpha value is -1.93. The summed E-state index contributed by atoms with van der Waals surface area (Å²) in [6.45, 7) is 4.05. The Morgan fingerprint density at radius 3 is 2.22 bits per heavy atom. The van der Waals surface area contributed by atoms with E-state index in [1.54, 1.807) is 13.0 Å². The Kier molecular flexibility index (Phi) is 7.20. The normalized spacial score (nSPS) is 21.2. The Labute approximate surface area is 191 Å². The van der Waals surface area contributed by atoms with Gasteiger partial charge in [0.1, 0.15) is 0 Å². The number of piperidine rings is 2. The van der Waals surface area contributed by atoms with Crippen LogP contribution in [0, 0.1) is 11.8 Å². The average Bonchev–Trinajstić information content (AvgIpc) is 2.83. The number of fused-ring (bicyclic) bond motifs is 1. The van der Waals surface area contributed by atoms with E-state index >= 15 is 0 Å². The fraction of sp³-hybridized carbons (Fsp3) is 0.667. The van der Waals surface area contributed by atoms with Gasteiger partial charge in [-0.15, -0.1) is 0 Å². The molecule has 1 aliphatic carbocycles. The Morgan fingerprint density at radius 1 is 0.938 bits per heavy atom. The van der Waals surface area contributed by atoms with Gasteiger partial charge in [0.2, 0.25) is 15.9 Å². The van der Waals surface area contributed by atoms with Crippen LogP contribution in [0.1, 0.15) is 56.6 Å². The second kappa shape index (κ2) is 9.91. The van der Waals surface area contributed by atoms with Gasteiger partial charge in [-0.2, -0.15) is 4.31 Å². The number of ether oxygens (including phenoxy) is 1. The summed E-state index contributed by atoms with van der Waals surface area (Å²) in [6, 6.07) is 5.57. The van der Waals surface area contributed by atoms with Gasteiger partial charge in [-0.25, -0.2) is 8.42 Å². The van der Waals surface area contributed by atoms with Crippen LogP contribution in [-0.4, -0.2) is 62.3 Å². The molecule has 176 valence electrons. The van der Waals surface area contributed by atoms with Gasteiger partial charge in [0.15, 0.2) is 0 Å². The Bertz CT molecular complexity index is 945. The van der Waals surface area contributed by atoms with Crippen molar-refractivity contribution in [2.75, 3.05) is 32.8 Å². The van der Waals surface area contributed by atoms with E-state index < -0.39 is 10.0 Å². The molecule has 8 heteroatoms. The van der Waals surface area contributed by atoms with Gasteiger partial charge in [0.25, 0.3) is 0 Å². The van der Waals surface area contributed by atoms with Gasteiger partial charge in [0, 0.05) is 32.1 Å². The molecule has 0 radical (unpaired) electrons. The molecule has 0 spiro atoms. The molecule has 2 fully saturated rings. The molecule has 2 saturated heterocycles. The molecule has 1 amide bonds. The molecule has 2 heterocycles. The third kappa shape index (κ3) is 4.86. The molecule has 0 bridgehead atoms. The van der Waals surface area contributed by atoms with Crippen molar-refractivity contribution in [2.24, 2.45) is 11.8 Å². The standard InChI is InChI=1S/C24H34N2O5S/c1-2-31-24(28)20-9-13-25(14-10-20)23(27)19-11-15-26(16-12-19)32(29,30)22-8-7-18-5-3-4-6-21(18)17-22/h7-8,17,19-20H,2-6,9-16H2,1H3. The maximum absolute atomic E-state index is 13.2. The van der Waals surface area contributed by atoms with Crippen molar-refractivity contribution in [2.45, 2.75) is 63.2 Å². The largest absolute Gasteiger partial charge is 0.466 e. The van der Waals surface area contributed by atoms with Crippen molar-refractivity contribution < 1.29 is 22.7 Å². The van der Waals surface area contributed by atoms with Crippen LogP contribution in [0.5, 0.6) is 0 Å². The first-order valence-electron chi connectivity index (χ1n) is 12.0. The van der Waals surface area contributed by atoms with Crippen molar-refractivity contribution in [1.82, 2.24) is 9.21 Å². The lowest BCUT2D eigenvalue weighted by Gasteiger charge is -2.36. The topological polar surface area (TPSA) is 84.0 Å². The first-order chi connectivity index (χ1) is 15.4. The van der Waals surface area contributed by atoms with E-state index in [4.69, 9.17) is 4.74 Å². The number of hydrogen-bond acceptors (Lipinski definition) is 5. The Morgan fingerprint density at radius 2 is 1.56 bits per heavy atom. The maximum Gasteiger partial charge on any atom is 0.309 e. The molecule has 4 rings (SSSR count). The molecule has 2 aliphatic heterocycles. The number of benzene rings is 1. The van der Waals surface area contributed by atoms with Crippen LogP contribution in [-0.2, 0) is 37.2 Å². The molecular formula is C24H34N2O5S. The highest BCUT2D eigenvalue weighted by Gasteiger charge is 2.36. The molecule has 1 aromatic carbocycles. The van der Waals surface area contributed by atoms with Crippen molar-refractivity contribution >= 4 is 21.9 Å². The van der Waals surface area contributed by atoms with Gasteiger partial charge in [0.05, 0.1) is 17.4 Å². The van der Waals surface area contributed by atoms with Crippen molar-refractivity contribution in [3.05, 3.63) is 29.3 Å². The number of hydrogen-bond donors (Lipinski definition) is 0. The molecule has 0 atom stereocenters. The number of amides is 1. The molecule has 0 aromatic heterocycles. The summed E-state index contributed by atoms with van der Waals surface area (Å²) in [5.74, 6) is -0.342. The van der Waals surface area contributed by atoms with Crippen LogP contribution in [0.4, 0.5) is 0 Å². The van der Waals surface area contributed by atoms with Crippen molar-refractivity contribution in [1.29, 1.82) is 0 Å². The number of carbonyl (C=O) groups is 2. The van der Waals surface area contributed by atoms with Crippen LogP contribution in [0.2, 0.25) is 0 Å². The minimum Gasteiger partial charge on any atom is -0.466 e. The minimum absolute atomic E-state index is 0.0955. The third-order valence-corrected chi connectivity index (χ3v) is 9.08. The van der Waals surface area contributed by atoms with Gasteiger partial charge in [-0.05, 0) is 81.5 Å². The molecule has 7 nitrogen and oxygen atoms in total. The second-order valence-electron chi connectivity index (χ2n) is 9.17. The number of likely N-dealkylation sites (tertiary alicyclic amines) is 1. The fourth-order valence-electron chi connectivity index (χ4n) is 5.22. The highest BCUT2D eigenvalue weighted by atomic mass is 32.2. The lowest BCUT2D eigenvalue weighted by Crippen LogP contribution is -2.47. The van der Waals surface area contributed by atoms with Gasteiger partial charge >= 0.3 is 5.97 Å². The number of rotatable bonds is 5. The SMILES string of the molecule is CCOC(=O)C1CCN(C(=O)C2CCN(S(=O)(=O)c3ccc4c(c3)CCCC4)CC2)CC1. The number of aryl methyl sites for hydroxylation is 2. The molecule has 0 unspecified atom stereocenters. The lowest BCUT2D eigenvalue weighted by atomic mass is 9.92. The summed E-state index contributed by atoms with van der Waals surface area (Å²) < 4.78 is 33.0. The molecule has 0 saturated carbocycles. The fourth-order valence-corrected chi connectivity index (χ4v) is 6.74. The predicted octanol–water partition coefficient (Wildman–Crippen LogP) is 2.77. The number of esters is 1. The predicted molar refractivity (Wildman–Crippen MR) is 121 cm³/mol. The molecular weight excluding hydrogens is 428 g/mol. The first kappa shape index (κ1) is 23.2. The van der Waals surface area contributed by atoms with Crippen LogP contribution in [0.15, 0.2) is 23.1 Å². The van der Waals surface area contributed by atoms with E-state index in [1.807, 2.05) is 17.0 Å². The van der Waals surface area contributed by atoms with Crippen molar-refractivity contribution in [3.63, 3.8) is 0 Å². The van der Waals surface area contributed by atoms with E-state index in [0.717, 1.165) is 24.8 Å². The second-order valence-corrected chi connectivity index (χ2v) is 11.1. The van der Waals surface area contributed by atoms with Crippen LogP contribution in [0.3, 0.4) is 0 Å². The van der Waals surface area contributed by atoms with Gasteiger partial charge in [-0.1, -0.05) is 6.07 Å². The van der Waals surface area contributed by atoms with Crippen LogP contribution < -0.4 is 0 Å². The third-order valence-electron chi connectivity index (χ3n) is 7.19. The molecule has 0 N–H and O–H groups in total. The zero-order chi connectivity index (χ0) is 22.7. The quantitative estimate of drug-likeness (QED) is 0.629. The summed E-state index contributed by atoms with van der Waals surface area (Å²) in [7, 11) is -3.53. The number of carbonyl (C=O) groups excluding carboxylic acids is 2. The number of nitrogens with zero attached hydrogens (tertiary/aromatic N) is 2. The molecule has 1 aromatic rings. The van der Waals surface area contributed by atoms with Gasteiger partial charge in [-0.3, -0.25) is 9.59 Å². The van der Waals surface area contributed by atoms with Crippen LogP contribution >= 0.6 is 0 Å². The zero-order valence-electron chi connectivity index (χ0n) is 18.9. The molecule has 32 heavy (non-hydrogen) atoms. The summed E-state index contributed by atoms with van der Waals surface area (Å²) in [5.41, 5.74) is 2.43. The van der Waals surface area contributed by atoms with E-state index in [1.165, 1.54) is 16.3 Å². The average molecular weight is 463 g/mol. The molecule has 3 aliphatic rings. The zero-order valence-corrected chi connectivity index (χ0v) is 19.7. The van der Waals surface area contributed by atoms with E-state index in [9.17, 15) is 18.0 Å². The smallest absolute Gasteiger partial charge is 0.309 e. The van der Waals surface area contributed by atoms with Crippen LogP contribution in [0.25, 0.3) is 0 Å². The van der Waals surface area contributed by atoms with E-state index in [2.05, 4.69) is 0 Å². The summed E-state index contributed by atoms with van der Waals surface area (Å²) in [5, 5.41) is 0. The monoisotopic (exact) mass is 462 g/mol. The first-order valence-corrected chi connectivity index (χ1v) is 13.4. The van der Waals surface area contributed by atoms with E-state index in [-0.39, 0.29) is 23.7 Å². The maximum atomic E-state index is 13.2. The summed E-state index contributed by atoms with van der Waals surface area (Å²) in [6.07, 6.45) is 6.61. The Balaban J connectivity index is 1.32. The lowest BCUT2D eigenvalue weighted by molar-refractivity contribution is -0.152. The minimum atomic E-state index is -3.53. The highest BCUT2D eigenvalue weighted by Crippen LogP contribution is 2.29. The summed E-state index contributed by atoms with van der Waals surface area (Å²) >= 11 is 0. The van der Waals surface area contributed by atoms with Gasteiger partial charge < -0.3 is 9.64 Å². The highest BCUT2D eigenvalue weighted by molar-refractivity contribution is 7.89. The number of sulfonamides is 1. The van der Waals surface area contributed by atoms with Crippen molar-refractivity contribution in [3.8, 4) is 0 Å². The van der Waals surface area contributed by atoms with E-state index in [0.29, 0.717) is 63.4 Å².